The van der Waals surface area contributed by atoms with Crippen LogP contribution in [0.5, 0.6) is 5.75 Å². The maximum Gasteiger partial charge on any atom is 0.416 e. The van der Waals surface area contributed by atoms with Gasteiger partial charge in [-0.1, -0.05) is 28.1 Å². The van der Waals surface area contributed by atoms with Crippen molar-refractivity contribution in [3.63, 3.8) is 0 Å². The molecule has 0 aliphatic heterocycles. The fourth-order valence-electron chi connectivity index (χ4n) is 1.81. The molecule has 0 amide bonds. The van der Waals surface area contributed by atoms with E-state index in [1.807, 2.05) is 0 Å². The summed E-state index contributed by atoms with van der Waals surface area (Å²) < 4.78 is 44.1. The summed E-state index contributed by atoms with van der Waals surface area (Å²) in [5, 5.41) is 9.24. The minimum Gasteiger partial charge on any atom is -0.489 e. The summed E-state index contributed by atoms with van der Waals surface area (Å²) >= 11 is 3.27. The number of aliphatic hydroxyl groups is 1. The van der Waals surface area contributed by atoms with E-state index < -0.39 is 11.7 Å². The number of halogens is 4. The Morgan fingerprint density at radius 3 is 2.52 bits per heavy atom. The van der Waals surface area contributed by atoms with Crippen LogP contribution in [-0.2, 0) is 19.4 Å². The minimum absolute atomic E-state index is 0.00144. The average molecular weight is 361 g/mol. The fraction of sp³-hybridized carbons (Fsp3) is 0.200. The molecule has 2 nitrogen and oxygen atoms in total. The Bertz CT molecular complexity index is 627. The van der Waals surface area contributed by atoms with Crippen LogP contribution in [0.4, 0.5) is 13.2 Å². The van der Waals surface area contributed by atoms with Gasteiger partial charge in [-0.3, -0.25) is 0 Å². The molecular formula is C15H12BrF3O2. The minimum atomic E-state index is -4.37. The van der Waals surface area contributed by atoms with Gasteiger partial charge in [-0.15, -0.1) is 0 Å². The van der Waals surface area contributed by atoms with Gasteiger partial charge in [0.2, 0.25) is 0 Å². The quantitative estimate of drug-likeness (QED) is 0.867. The Balaban J connectivity index is 2.13. The number of rotatable bonds is 4. The molecule has 0 aliphatic rings. The van der Waals surface area contributed by atoms with Gasteiger partial charge in [-0.2, -0.15) is 13.2 Å². The molecule has 0 heterocycles. The number of benzene rings is 2. The van der Waals surface area contributed by atoms with Gasteiger partial charge in [0, 0.05) is 10.0 Å². The molecule has 112 valence electrons. The molecule has 0 atom stereocenters. The molecule has 2 aromatic carbocycles. The highest BCUT2D eigenvalue weighted by Crippen LogP contribution is 2.30. The number of ether oxygens (including phenoxy) is 1. The largest absolute Gasteiger partial charge is 0.489 e. The van der Waals surface area contributed by atoms with Crippen LogP contribution in [0.15, 0.2) is 46.9 Å². The van der Waals surface area contributed by atoms with Crippen LogP contribution in [0.2, 0.25) is 0 Å². The summed E-state index contributed by atoms with van der Waals surface area (Å²) in [4.78, 5) is 0. The molecular weight excluding hydrogens is 349 g/mol. The Morgan fingerprint density at radius 1 is 1.10 bits per heavy atom. The van der Waals surface area contributed by atoms with E-state index >= 15 is 0 Å². The number of hydrogen-bond donors (Lipinski definition) is 1. The summed E-state index contributed by atoms with van der Waals surface area (Å²) in [6.45, 7) is -0.212. The van der Waals surface area contributed by atoms with Crippen molar-refractivity contribution < 1.29 is 23.0 Å². The molecule has 0 bridgehead atoms. The van der Waals surface area contributed by atoms with Crippen molar-refractivity contribution in [3.05, 3.63) is 63.6 Å². The van der Waals surface area contributed by atoms with E-state index in [1.54, 1.807) is 24.3 Å². The Hall–Kier alpha value is -1.53. The van der Waals surface area contributed by atoms with E-state index in [1.165, 1.54) is 6.07 Å². The Kier molecular flexibility index (Phi) is 4.90. The van der Waals surface area contributed by atoms with Crippen LogP contribution in [0, 0.1) is 0 Å². The lowest BCUT2D eigenvalue weighted by Crippen LogP contribution is -2.06. The average Bonchev–Trinajstić information content (AvgIpc) is 2.45. The van der Waals surface area contributed by atoms with Crippen molar-refractivity contribution in [2.24, 2.45) is 0 Å². The van der Waals surface area contributed by atoms with Gasteiger partial charge in [-0.25, -0.2) is 0 Å². The highest BCUT2D eigenvalue weighted by Gasteiger charge is 2.30. The van der Waals surface area contributed by atoms with Gasteiger partial charge in [0.15, 0.2) is 0 Å². The highest BCUT2D eigenvalue weighted by atomic mass is 79.9. The van der Waals surface area contributed by atoms with Crippen molar-refractivity contribution in [2.75, 3.05) is 0 Å². The zero-order valence-electron chi connectivity index (χ0n) is 10.8. The first-order valence-electron chi connectivity index (χ1n) is 6.08. The van der Waals surface area contributed by atoms with Crippen LogP contribution in [0.1, 0.15) is 16.7 Å². The molecule has 21 heavy (non-hydrogen) atoms. The third-order valence-corrected chi connectivity index (χ3v) is 3.33. The van der Waals surface area contributed by atoms with Crippen LogP contribution in [0.25, 0.3) is 0 Å². The molecule has 6 heteroatoms. The zero-order chi connectivity index (χ0) is 15.5. The standard InChI is InChI=1S/C15H12BrF3O2/c16-13-4-5-14(11(7-13)8-20)21-9-10-2-1-3-12(6-10)15(17,18)19/h1-7,20H,8-9H2. The van der Waals surface area contributed by atoms with Crippen molar-refractivity contribution >= 4 is 15.9 Å². The maximum atomic E-state index is 12.6. The predicted molar refractivity (Wildman–Crippen MR) is 75.8 cm³/mol. The van der Waals surface area contributed by atoms with Crippen molar-refractivity contribution in [2.45, 2.75) is 19.4 Å². The van der Waals surface area contributed by atoms with E-state index in [9.17, 15) is 18.3 Å². The second-order valence-corrected chi connectivity index (χ2v) is 5.31. The Labute approximate surface area is 128 Å². The van der Waals surface area contributed by atoms with E-state index in [4.69, 9.17) is 4.74 Å². The lowest BCUT2D eigenvalue weighted by atomic mass is 10.1. The van der Waals surface area contributed by atoms with Gasteiger partial charge in [0.1, 0.15) is 12.4 Å². The van der Waals surface area contributed by atoms with E-state index in [-0.39, 0.29) is 13.2 Å². The monoisotopic (exact) mass is 360 g/mol. The summed E-state index contributed by atoms with van der Waals surface area (Å²) in [6.07, 6.45) is -4.37. The smallest absolute Gasteiger partial charge is 0.416 e. The normalized spacial score (nSPS) is 11.5. The third-order valence-electron chi connectivity index (χ3n) is 2.84. The van der Waals surface area contributed by atoms with Crippen molar-refractivity contribution in [1.82, 2.24) is 0 Å². The molecule has 0 saturated heterocycles. The molecule has 2 aromatic rings. The van der Waals surface area contributed by atoms with E-state index in [2.05, 4.69) is 15.9 Å². The molecule has 0 saturated carbocycles. The topological polar surface area (TPSA) is 29.5 Å². The maximum absolute atomic E-state index is 12.6. The highest BCUT2D eigenvalue weighted by molar-refractivity contribution is 9.10. The summed E-state index contributed by atoms with van der Waals surface area (Å²) in [5.41, 5.74) is 0.273. The molecule has 0 aliphatic carbocycles. The van der Waals surface area contributed by atoms with Crippen molar-refractivity contribution in [1.29, 1.82) is 0 Å². The number of aliphatic hydroxyl groups excluding tert-OH is 1. The first-order chi connectivity index (χ1) is 9.90. The van der Waals surface area contributed by atoms with Crippen LogP contribution < -0.4 is 4.74 Å². The predicted octanol–water partition coefficient (Wildman–Crippen LogP) is 4.54. The second kappa shape index (κ2) is 6.49. The molecule has 0 spiro atoms. The lowest BCUT2D eigenvalue weighted by molar-refractivity contribution is -0.137. The molecule has 1 N–H and O–H groups in total. The third kappa shape index (κ3) is 4.22. The van der Waals surface area contributed by atoms with E-state index in [0.29, 0.717) is 16.9 Å². The lowest BCUT2D eigenvalue weighted by Gasteiger charge is -2.12. The molecule has 0 fully saturated rings. The van der Waals surface area contributed by atoms with Gasteiger partial charge >= 0.3 is 6.18 Å². The molecule has 2 rings (SSSR count). The molecule has 0 aromatic heterocycles. The SMILES string of the molecule is OCc1cc(Br)ccc1OCc1cccc(C(F)(F)F)c1. The molecule has 0 radical (unpaired) electrons. The van der Waals surface area contributed by atoms with Gasteiger partial charge in [0.05, 0.1) is 12.2 Å². The fourth-order valence-corrected chi connectivity index (χ4v) is 2.22. The van der Waals surface area contributed by atoms with Gasteiger partial charge < -0.3 is 9.84 Å². The van der Waals surface area contributed by atoms with Gasteiger partial charge in [0.25, 0.3) is 0 Å². The first kappa shape index (κ1) is 15.9. The summed E-state index contributed by atoms with van der Waals surface area (Å²) in [5.74, 6) is 0.443. The van der Waals surface area contributed by atoms with Crippen LogP contribution in [0.3, 0.4) is 0 Å². The summed E-state index contributed by atoms with van der Waals surface area (Å²) in [6, 6.07) is 10.1. The Morgan fingerprint density at radius 2 is 1.86 bits per heavy atom. The first-order valence-corrected chi connectivity index (χ1v) is 6.87. The number of hydrogen-bond acceptors (Lipinski definition) is 2. The van der Waals surface area contributed by atoms with Crippen molar-refractivity contribution in [3.8, 4) is 5.75 Å². The van der Waals surface area contributed by atoms with E-state index in [0.717, 1.165) is 16.6 Å². The second-order valence-electron chi connectivity index (χ2n) is 4.40. The molecule has 0 unspecified atom stereocenters. The summed E-state index contributed by atoms with van der Waals surface area (Å²) in [7, 11) is 0. The van der Waals surface area contributed by atoms with Crippen LogP contribution in [-0.4, -0.2) is 5.11 Å². The van der Waals surface area contributed by atoms with Gasteiger partial charge in [-0.05, 0) is 35.9 Å². The number of alkyl halides is 3. The zero-order valence-corrected chi connectivity index (χ0v) is 12.4. The van der Waals surface area contributed by atoms with Crippen LogP contribution >= 0.6 is 15.9 Å².